The van der Waals surface area contributed by atoms with E-state index in [1.807, 2.05) is 87.5 Å². The molecule has 0 saturated carbocycles. The first-order valence-corrected chi connectivity index (χ1v) is 11.7. The van der Waals surface area contributed by atoms with Crippen molar-refractivity contribution in [3.63, 3.8) is 0 Å². The van der Waals surface area contributed by atoms with Crippen molar-refractivity contribution >= 4 is 45.8 Å². The maximum atomic E-state index is 13.5. The molecule has 0 aliphatic rings. The second kappa shape index (κ2) is 9.50. The fourth-order valence-electron chi connectivity index (χ4n) is 3.98. The lowest BCUT2D eigenvalue weighted by molar-refractivity contribution is 0.102. The number of rotatable bonds is 6. The summed E-state index contributed by atoms with van der Waals surface area (Å²) in [6.07, 6.45) is 1.66. The molecule has 0 atom stereocenters. The minimum absolute atomic E-state index is 0.158. The zero-order chi connectivity index (χ0) is 25.2. The molecule has 36 heavy (non-hydrogen) atoms. The van der Waals surface area contributed by atoms with Crippen LogP contribution in [0.5, 0.6) is 5.75 Å². The highest BCUT2D eigenvalue weighted by Gasteiger charge is 2.24. The number of anilines is 2. The first-order valence-electron chi connectivity index (χ1n) is 11.7. The summed E-state index contributed by atoms with van der Waals surface area (Å²) in [6, 6.07) is 20.9. The number of carbonyl (C=O) groups excluding carboxylic acids is 1. The summed E-state index contributed by atoms with van der Waals surface area (Å²) in [5, 5.41) is 7.56. The number of nitrogen functional groups attached to an aromatic ring is 1. The SMILES string of the molecule is CCOc1ccc(/C=N\n2c(N)c(C(=O)Nc3cc(C)ccc3C)c3nc4ccccc4nc32)cc1. The lowest BCUT2D eigenvalue weighted by Crippen LogP contribution is -2.15. The van der Waals surface area contributed by atoms with E-state index in [0.29, 0.717) is 34.5 Å². The van der Waals surface area contributed by atoms with E-state index >= 15 is 0 Å². The standard InChI is InChI=1S/C28H26N6O2/c1-4-36-20-13-11-19(12-14-20)16-30-34-26(29)24(28(35)33-23-15-17(2)9-10-18(23)3)25-27(34)32-22-8-6-5-7-21(22)31-25/h5-16H,4,29H2,1-3H3,(H,33,35)/b30-16-. The van der Waals surface area contributed by atoms with E-state index in [4.69, 9.17) is 20.4 Å². The Labute approximate surface area is 208 Å². The predicted molar refractivity (Wildman–Crippen MR) is 144 cm³/mol. The maximum Gasteiger partial charge on any atom is 0.261 e. The predicted octanol–water partition coefficient (Wildman–Crippen LogP) is 5.32. The first kappa shape index (κ1) is 23.0. The van der Waals surface area contributed by atoms with Gasteiger partial charge in [-0.1, -0.05) is 24.3 Å². The molecule has 0 radical (unpaired) electrons. The van der Waals surface area contributed by atoms with Crippen molar-refractivity contribution in [1.29, 1.82) is 0 Å². The molecule has 0 fully saturated rings. The molecule has 8 nitrogen and oxygen atoms in total. The van der Waals surface area contributed by atoms with Crippen LogP contribution in [0.1, 0.15) is 34.0 Å². The molecule has 2 aromatic heterocycles. The minimum atomic E-state index is -0.370. The summed E-state index contributed by atoms with van der Waals surface area (Å²) >= 11 is 0. The van der Waals surface area contributed by atoms with Gasteiger partial charge in [-0.3, -0.25) is 4.79 Å². The van der Waals surface area contributed by atoms with Crippen molar-refractivity contribution in [1.82, 2.24) is 14.6 Å². The molecule has 180 valence electrons. The topological polar surface area (TPSA) is 107 Å². The molecular formula is C28H26N6O2. The minimum Gasteiger partial charge on any atom is -0.494 e. The summed E-state index contributed by atoms with van der Waals surface area (Å²) in [7, 11) is 0. The lowest BCUT2D eigenvalue weighted by Gasteiger charge is -2.09. The van der Waals surface area contributed by atoms with E-state index in [0.717, 1.165) is 22.4 Å². The Morgan fingerprint density at radius 3 is 2.50 bits per heavy atom. The normalized spacial score (nSPS) is 11.4. The highest BCUT2D eigenvalue weighted by atomic mass is 16.5. The number of benzene rings is 3. The molecular weight excluding hydrogens is 452 g/mol. The van der Waals surface area contributed by atoms with Gasteiger partial charge in [-0.05, 0) is 79.9 Å². The van der Waals surface area contributed by atoms with Gasteiger partial charge < -0.3 is 15.8 Å². The Kier molecular flexibility index (Phi) is 6.08. The molecule has 2 heterocycles. The van der Waals surface area contributed by atoms with Gasteiger partial charge in [-0.2, -0.15) is 9.78 Å². The monoisotopic (exact) mass is 478 g/mol. The number of amides is 1. The Hall–Kier alpha value is -4.72. The van der Waals surface area contributed by atoms with Gasteiger partial charge in [-0.15, -0.1) is 0 Å². The van der Waals surface area contributed by atoms with Gasteiger partial charge in [0.2, 0.25) is 0 Å². The Bertz CT molecular complexity index is 1620. The van der Waals surface area contributed by atoms with Crippen LogP contribution in [0.3, 0.4) is 0 Å². The van der Waals surface area contributed by atoms with Crippen LogP contribution >= 0.6 is 0 Å². The third-order valence-corrected chi connectivity index (χ3v) is 5.86. The van der Waals surface area contributed by atoms with E-state index < -0.39 is 0 Å². The van der Waals surface area contributed by atoms with Crippen LogP contribution in [-0.4, -0.2) is 33.4 Å². The molecule has 0 spiro atoms. The van der Waals surface area contributed by atoms with Crippen molar-refractivity contribution in [2.45, 2.75) is 20.8 Å². The third-order valence-electron chi connectivity index (χ3n) is 5.86. The van der Waals surface area contributed by atoms with Crippen molar-refractivity contribution in [2.75, 3.05) is 17.7 Å². The second-order valence-electron chi connectivity index (χ2n) is 8.48. The number of aromatic nitrogens is 3. The molecule has 0 saturated heterocycles. The summed E-state index contributed by atoms with van der Waals surface area (Å²) in [5.41, 5.74) is 12.4. The van der Waals surface area contributed by atoms with Crippen LogP contribution in [0, 0.1) is 13.8 Å². The van der Waals surface area contributed by atoms with E-state index in [2.05, 4.69) is 10.4 Å². The van der Waals surface area contributed by atoms with Crippen LogP contribution in [0.4, 0.5) is 11.5 Å². The van der Waals surface area contributed by atoms with Gasteiger partial charge in [0.1, 0.15) is 22.6 Å². The van der Waals surface area contributed by atoms with Gasteiger partial charge in [-0.25, -0.2) is 9.97 Å². The van der Waals surface area contributed by atoms with Crippen LogP contribution < -0.4 is 15.8 Å². The average Bonchev–Trinajstić information content (AvgIpc) is 3.14. The van der Waals surface area contributed by atoms with E-state index in [-0.39, 0.29) is 17.3 Å². The average molecular weight is 479 g/mol. The fourth-order valence-corrected chi connectivity index (χ4v) is 3.98. The number of carbonyl (C=O) groups is 1. The highest BCUT2D eigenvalue weighted by Crippen LogP contribution is 2.29. The molecule has 5 aromatic rings. The number of ether oxygens (including phenoxy) is 1. The molecule has 8 heteroatoms. The molecule has 0 unspecified atom stereocenters. The first-order chi connectivity index (χ1) is 17.4. The van der Waals surface area contributed by atoms with Gasteiger partial charge in [0.25, 0.3) is 5.91 Å². The van der Waals surface area contributed by atoms with E-state index in [1.165, 1.54) is 4.68 Å². The van der Waals surface area contributed by atoms with Gasteiger partial charge in [0.15, 0.2) is 5.65 Å². The van der Waals surface area contributed by atoms with Gasteiger partial charge in [0.05, 0.1) is 23.9 Å². The Morgan fingerprint density at radius 2 is 1.78 bits per heavy atom. The number of hydrogen-bond donors (Lipinski definition) is 2. The number of nitrogens with two attached hydrogens (primary N) is 1. The molecule has 0 aliphatic carbocycles. The highest BCUT2D eigenvalue weighted by molar-refractivity contribution is 6.16. The summed E-state index contributed by atoms with van der Waals surface area (Å²) < 4.78 is 6.96. The summed E-state index contributed by atoms with van der Waals surface area (Å²) in [5.74, 6) is 0.569. The zero-order valence-corrected chi connectivity index (χ0v) is 20.3. The van der Waals surface area contributed by atoms with Crippen LogP contribution in [-0.2, 0) is 0 Å². The fraction of sp³-hybridized carbons (Fsp3) is 0.143. The number of nitrogens with zero attached hydrogens (tertiary/aromatic N) is 4. The maximum absolute atomic E-state index is 13.5. The number of para-hydroxylation sites is 2. The summed E-state index contributed by atoms with van der Waals surface area (Å²) in [4.78, 5) is 23.0. The number of hydrogen-bond acceptors (Lipinski definition) is 6. The van der Waals surface area contributed by atoms with Crippen LogP contribution in [0.2, 0.25) is 0 Å². The molecule has 3 aromatic carbocycles. The summed E-state index contributed by atoms with van der Waals surface area (Å²) in [6.45, 7) is 6.45. The smallest absolute Gasteiger partial charge is 0.261 e. The number of aryl methyl sites for hydroxylation is 2. The molecule has 0 aliphatic heterocycles. The number of nitrogens with one attached hydrogen (secondary N) is 1. The second-order valence-corrected chi connectivity index (χ2v) is 8.48. The molecule has 5 rings (SSSR count). The Balaban J connectivity index is 1.61. The van der Waals surface area contributed by atoms with Crippen LogP contribution in [0.15, 0.2) is 71.8 Å². The van der Waals surface area contributed by atoms with E-state index in [1.54, 1.807) is 6.21 Å². The van der Waals surface area contributed by atoms with Crippen molar-refractivity contribution in [3.05, 3.63) is 89.0 Å². The van der Waals surface area contributed by atoms with Crippen molar-refractivity contribution in [2.24, 2.45) is 5.10 Å². The largest absolute Gasteiger partial charge is 0.494 e. The lowest BCUT2D eigenvalue weighted by atomic mass is 10.1. The number of fused-ring (bicyclic) bond motifs is 2. The molecule has 0 bridgehead atoms. The molecule has 3 N–H and O–H groups in total. The van der Waals surface area contributed by atoms with Gasteiger partial charge in [0, 0.05) is 5.69 Å². The quantitative estimate of drug-likeness (QED) is 0.321. The Morgan fingerprint density at radius 1 is 1.06 bits per heavy atom. The van der Waals surface area contributed by atoms with Crippen molar-refractivity contribution in [3.8, 4) is 5.75 Å². The van der Waals surface area contributed by atoms with Gasteiger partial charge >= 0.3 is 0 Å². The molecule has 1 amide bonds. The van der Waals surface area contributed by atoms with E-state index in [9.17, 15) is 4.79 Å². The zero-order valence-electron chi connectivity index (χ0n) is 20.3. The van der Waals surface area contributed by atoms with Crippen LogP contribution in [0.25, 0.3) is 22.2 Å². The van der Waals surface area contributed by atoms with Crippen molar-refractivity contribution < 1.29 is 9.53 Å². The third kappa shape index (κ3) is 4.36.